The SMILES string of the molecule is CCCCCCCCC1(C#N)Cc2ccccc2C1. The van der Waals surface area contributed by atoms with Crippen molar-refractivity contribution in [3.8, 4) is 6.07 Å². The molecule has 0 aliphatic heterocycles. The Morgan fingerprint density at radius 3 is 2.16 bits per heavy atom. The number of rotatable bonds is 7. The van der Waals surface area contributed by atoms with Crippen molar-refractivity contribution in [2.75, 3.05) is 0 Å². The molecule has 0 fully saturated rings. The predicted octanol–water partition coefficient (Wildman–Crippen LogP) is 5.05. The fourth-order valence-corrected chi connectivity index (χ4v) is 3.25. The van der Waals surface area contributed by atoms with Gasteiger partial charge in [0.1, 0.15) is 0 Å². The van der Waals surface area contributed by atoms with E-state index in [4.69, 9.17) is 0 Å². The summed E-state index contributed by atoms with van der Waals surface area (Å²) in [4.78, 5) is 0. The minimum atomic E-state index is -0.103. The molecule has 0 spiro atoms. The van der Waals surface area contributed by atoms with Gasteiger partial charge in [-0.15, -0.1) is 0 Å². The molecule has 0 radical (unpaired) electrons. The summed E-state index contributed by atoms with van der Waals surface area (Å²) in [5.74, 6) is 0. The Balaban J connectivity index is 1.81. The number of nitrogens with zero attached hydrogens (tertiary/aromatic N) is 1. The molecule has 0 N–H and O–H groups in total. The van der Waals surface area contributed by atoms with E-state index >= 15 is 0 Å². The zero-order valence-corrected chi connectivity index (χ0v) is 12.1. The fraction of sp³-hybridized carbons (Fsp3) is 0.611. The van der Waals surface area contributed by atoms with E-state index in [0.717, 1.165) is 19.3 Å². The molecule has 1 aromatic carbocycles. The Hall–Kier alpha value is -1.29. The van der Waals surface area contributed by atoms with Gasteiger partial charge in [0, 0.05) is 0 Å². The van der Waals surface area contributed by atoms with Crippen molar-refractivity contribution < 1.29 is 0 Å². The van der Waals surface area contributed by atoms with Crippen LogP contribution in [0.1, 0.15) is 63.0 Å². The van der Waals surface area contributed by atoms with Gasteiger partial charge in [-0.25, -0.2) is 0 Å². The van der Waals surface area contributed by atoms with E-state index in [-0.39, 0.29) is 5.41 Å². The summed E-state index contributed by atoms with van der Waals surface area (Å²) >= 11 is 0. The zero-order valence-electron chi connectivity index (χ0n) is 12.1. The van der Waals surface area contributed by atoms with E-state index in [1.807, 2.05) is 0 Å². The zero-order chi connectivity index (χ0) is 13.6. The average molecular weight is 255 g/mol. The molecule has 0 saturated carbocycles. The molecule has 0 bridgehead atoms. The third-order valence-corrected chi connectivity index (χ3v) is 4.42. The molecular weight excluding hydrogens is 230 g/mol. The molecule has 0 saturated heterocycles. The largest absolute Gasteiger partial charge is 0.198 e. The predicted molar refractivity (Wildman–Crippen MR) is 79.9 cm³/mol. The Morgan fingerprint density at radius 1 is 1.00 bits per heavy atom. The second kappa shape index (κ2) is 6.75. The summed E-state index contributed by atoms with van der Waals surface area (Å²) in [5.41, 5.74) is 2.69. The third-order valence-electron chi connectivity index (χ3n) is 4.42. The van der Waals surface area contributed by atoms with E-state index in [1.54, 1.807) is 0 Å². The van der Waals surface area contributed by atoms with E-state index in [1.165, 1.54) is 49.7 Å². The molecule has 102 valence electrons. The highest BCUT2D eigenvalue weighted by Crippen LogP contribution is 2.40. The minimum Gasteiger partial charge on any atom is -0.198 e. The van der Waals surface area contributed by atoms with Crippen molar-refractivity contribution in [2.24, 2.45) is 5.41 Å². The van der Waals surface area contributed by atoms with Gasteiger partial charge in [0.15, 0.2) is 0 Å². The molecule has 1 nitrogen and oxygen atoms in total. The highest BCUT2D eigenvalue weighted by Gasteiger charge is 2.36. The number of benzene rings is 1. The molecule has 1 aromatic rings. The highest BCUT2D eigenvalue weighted by atomic mass is 14.4. The smallest absolute Gasteiger partial charge is 0.0696 e. The summed E-state index contributed by atoms with van der Waals surface area (Å²) in [6.07, 6.45) is 10.9. The molecule has 1 aliphatic carbocycles. The standard InChI is InChI=1S/C18H25N/c1-2-3-4-5-6-9-12-18(15-19)13-16-10-7-8-11-17(16)14-18/h7-8,10-11H,2-6,9,12-14H2,1H3. The van der Waals surface area contributed by atoms with Gasteiger partial charge < -0.3 is 0 Å². The van der Waals surface area contributed by atoms with E-state index in [2.05, 4.69) is 37.3 Å². The highest BCUT2D eigenvalue weighted by molar-refractivity contribution is 5.36. The quantitative estimate of drug-likeness (QED) is 0.626. The number of hydrogen-bond donors (Lipinski definition) is 0. The van der Waals surface area contributed by atoms with Crippen LogP contribution in [0.25, 0.3) is 0 Å². The minimum absolute atomic E-state index is 0.103. The van der Waals surface area contributed by atoms with Crippen molar-refractivity contribution >= 4 is 0 Å². The molecule has 19 heavy (non-hydrogen) atoms. The second-order valence-electron chi connectivity index (χ2n) is 6.03. The normalized spacial score (nSPS) is 16.0. The fourth-order valence-electron chi connectivity index (χ4n) is 3.25. The van der Waals surface area contributed by atoms with Gasteiger partial charge in [0.05, 0.1) is 11.5 Å². The number of unbranched alkanes of at least 4 members (excludes halogenated alkanes) is 5. The third kappa shape index (κ3) is 3.60. The van der Waals surface area contributed by atoms with Gasteiger partial charge in [0.25, 0.3) is 0 Å². The molecule has 2 rings (SSSR count). The van der Waals surface area contributed by atoms with Crippen LogP contribution in [0.2, 0.25) is 0 Å². The molecule has 1 aliphatic rings. The summed E-state index contributed by atoms with van der Waals surface area (Å²) < 4.78 is 0. The Kier molecular flexibility index (Phi) is 5.02. The van der Waals surface area contributed by atoms with Gasteiger partial charge >= 0.3 is 0 Å². The first kappa shape index (κ1) is 14.1. The topological polar surface area (TPSA) is 23.8 Å². The monoisotopic (exact) mass is 255 g/mol. The van der Waals surface area contributed by atoms with Gasteiger partial charge in [-0.3, -0.25) is 0 Å². The van der Waals surface area contributed by atoms with E-state index in [0.29, 0.717) is 0 Å². The van der Waals surface area contributed by atoms with Crippen LogP contribution in [0.3, 0.4) is 0 Å². The van der Waals surface area contributed by atoms with E-state index < -0.39 is 0 Å². The van der Waals surface area contributed by atoms with Crippen LogP contribution in [-0.2, 0) is 12.8 Å². The van der Waals surface area contributed by atoms with E-state index in [9.17, 15) is 5.26 Å². The van der Waals surface area contributed by atoms with Gasteiger partial charge in [-0.05, 0) is 30.4 Å². The Labute approximate surface area is 117 Å². The molecular formula is C18H25N. The van der Waals surface area contributed by atoms with Gasteiger partial charge in [-0.1, -0.05) is 69.7 Å². The first-order valence-corrected chi connectivity index (χ1v) is 7.78. The summed E-state index contributed by atoms with van der Waals surface area (Å²) in [7, 11) is 0. The maximum absolute atomic E-state index is 9.58. The van der Waals surface area contributed by atoms with Crippen LogP contribution >= 0.6 is 0 Å². The lowest BCUT2D eigenvalue weighted by atomic mass is 9.81. The second-order valence-corrected chi connectivity index (χ2v) is 6.03. The summed E-state index contributed by atoms with van der Waals surface area (Å²) in [6, 6.07) is 11.2. The van der Waals surface area contributed by atoms with Crippen molar-refractivity contribution in [3.05, 3.63) is 35.4 Å². The molecule has 0 aromatic heterocycles. The van der Waals surface area contributed by atoms with Gasteiger partial charge in [0.2, 0.25) is 0 Å². The van der Waals surface area contributed by atoms with Crippen LogP contribution < -0.4 is 0 Å². The van der Waals surface area contributed by atoms with Crippen LogP contribution in [0.15, 0.2) is 24.3 Å². The van der Waals surface area contributed by atoms with Crippen LogP contribution in [-0.4, -0.2) is 0 Å². The molecule has 0 amide bonds. The lowest BCUT2D eigenvalue weighted by Gasteiger charge is -2.19. The maximum atomic E-state index is 9.58. The molecule has 0 unspecified atom stereocenters. The van der Waals surface area contributed by atoms with Gasteiger partial charge in [-0.2, -0.15) is 5.26 Å². The summed E-state index contributed by atoms with van der Waals surface area (Å²) in [5, 5.41) is 9.58. The lowest BCUT2D eigenvalue weighted by Crippen LogP contribution is -2.18. The molecule has 0 heterocycles. The van der Waals surface area contributed by atoms with Crippen molar-refractivity contribution in [2.45, 2.75) is 64.7 Å². The maximum Gasteiger partial charge on any atom is 0.0696 e. The lowest BCUT2D eigenvalue weighted by molar-refractivity contribution is 0.364. The number of nitriles is 1. The molecule has 0 atom stereocenters. The Bertz CT molecular complexity index is 416. The summed E-state index contributed by atoms with van der Waals surface area (Å²) in [6.45, 7) is 2.25. The van der Waals surface area contributed by atoms with Crippen molar-refractivity contribution in [1.29, 1.82) is 5.26 Å². The molecule has 1 heteroatoms. The van der Waals surface area contributed by atoms with Crippen molar-refractivity contribution in [1.82, 2.24) is 0 Å². The average Bonchev–Trinajstić information content (AvgIpc) is 2.82. The van der Waals surface area contributed by atoms with Crippen molar-refractivity contribution in [3.63, 3.8) is 0 Å². The number of hydrogen-bond acceptors (Lipinski definition) is 1. The van der Waals surface area contributed by atoms with Crippen LogP contribution in [0.5, 0.6) is 0 Å². The Morgan fingerprint density at radius 2 is 1.58 bits per heavy atom. The first-order chi connectivity index (χ1) is 9.29. The van der Waals surface area contributed by atoms with Crippen LogP contribution in [0.4, 0.5) is 0 Å². The van der Waals surface area contributed by atoms with Crippen LogP contribution in [0, 0.1) is 16.7 Å². The first-order valence-electron chi connectivity index (χ1n) is 7.78. The number of fused-ring (bicyclic) bond motifs is 1.